The van der Waals surface area contributed by atoms with Gasteiger partial charge in [-0.1, -0.05) is 0 Å². The van der Waals surface area contributed by atoms with Gasteiger partial charge in [-0.3, -0.25) is 4.98 Å². The predicted octanol–water partition coefficient (Wildman–Crippen LogP) is 3.97. The van der Waals surface area contributed by atoms with Crippen molar-refractivity contribution in [1.82, 2.24) is 4.98 Å². The molecule has 0 unspecified atom stereocenters. The molecule has 2 aromatic rings. The molecule has 0 aliphatic carbocycles. The minimum atomic E-state index is -4.63. The Labute approximate surface area is 105 Å². The number of benzene rings is 1. The Morgan fingerprint density at radius 2 is 1.79 bits per heavy atom. The number of rotatable bonds is 2. The van der Waals surface area contributed by atoms with Gasteiger partial charge in [-0.25, -0.2) is 8.78 Å². The second-order valence-electron chi connectivity index (χ2n) is 3.99. The maximum atomic E-state index is 13.3. The normalized spacial score (nSPS) is 11.6. The van der Waals surface area contributed by atoms with E-state index in [0.717, 1.165) is 18.3 Å². The molecular formula is C13H8F5N. The van der Waals surface area contributed by atoms with Crippen LogP contribution in [-0.2, 0) is 12.6 Å². The molecule has 0 aliphatic heterocycles. The zero-order valence-corrected chi connectivity index (χ0v) is 9.51. The first-order valence-electron chi connectivity index (χ1n) is 5.31. The van der Waals surface area contributed by atoms with Gasteiger partial charge in [-0.15, -0.1) is 0 Å². The molecule has 0 saturated heterocycles. The molecule has 0 fully saturated rings. The number of hydrogen-bond donors (Lipinski definition) is 0. The van der Waals surface area contributed by atoms with E-state index in [1.54, 1.807) is 0 Å². The third kappa shape index (κ3) is 3.27. The van der Waals surface area contributed by atoms with Gasteiger partial charge in [0.15, 0.2) is 0 Å². The Hall–Kier alpha value is -1.98. The molecular weight excluding hydrogens is 265 g/mol. The topological polar surface area (TPSA) is 12.9 Å². The van der Waals surface area contributed by atoms with Crippen molar-refractivity contribution in [3.05, 3.63) is 65.0 Å². The van der Waals surface area contributed by atoms with E-state index >= 15 is 0 Å². The zero-order chi connectivity index (χ0) is 14.0. The fourth-order valence-corrected chi connectivity index (χ4v) is 1.68. The molecule has 19 heavy (non-hydrogen) atoms. The van der Waals surface area contributed by atoms with Gasteiger partial charge < -0.3 is 0 Å². The highest BCUT2D eigenvalue weighted by molar-refractivity contribution is 5.31. The van der Waals surface area contributed by atoms with Crippen LogP contribution in [-0.4, -0.2) is 4.98 Å². The highest BCUT2D eigenvalue weighted by atomic mass is 19.4. The summed E-state index contributed by atoms with van der Waals surface area (Å²) in [7, 11) is 0. The zero-order valence-electron chi connectivity index (χ0n) is 9.51. The Balaban J connectivity index is 2.36. The van der Waals surface area contributed by atoms with Crippen molar-refractivity contribution >= 4 is 0 Å². The van der Waals surface area contributed by atoms with Gasteiger partial charge in [0.2, 0.25) is 0 Å². The summed E-state index contributed by atoms with van der Waals surface area (Å²) in [6.45, 7) is 0. The average Bonchev–Trinajstić information content (AvgIpc) is 2.30. The summed E-state index contributed by atoms with van der Waals surface area (Å²) < 4.78 is 64.0. The molecule has 1 heterocycles. The second kappa shape index (κ2) is 4.95. The molecule has 1 nitrogen and oxygen atoms in total. The van der Waals surface area contributed by atoms with E-state index in [-0.39, 0.29) is 17.5 Å². The van der Waals surface area contributed by atoms with Crippen molar-refractivity contribution in [2.75, 3.05) is 0 Å². The van der Waals surface area contributed by atoms with Crippen LogP contribution in [0, 0.1) is 11.6 Å². The first-order valence-corrected chi connectivity index (χ1v) is 5.31. The maximum Gasteiger partial charge on any atom is 0.416 e. The van der Waals surface area contributed by atoms with Crippen LogP contribution in [0.25, 0.3) is 0 Å². The van der Waals surface area contributed by atoms with E-state index in [9.17, 15) is 22.0 Å². The Morgan fingerprint density at radius 1 is 1.05 bits per heavy atom. The van der Waals surface area contributed by atoms with E-state index in [1.165, 1.54) is 12.3 Å². The smallest absolute Gasteiger partial charge is 0.262 e. The standard InChI is InChI=1S/C13H8F5N/c14-11-5-8(4-10(6-11)13(16,17)18)3-9-1-2-19-7-12(9)15/h1-2,4-7H,3H2. The SMILES string of the molecule is Fc1cc(Cc2ccncc2F)cc(C(F)(F)F)c1. The number of aromatic nitrogens is 1. The van der Waals surface area contributed by atoms with Crippen molar-refractivity contribution in [3.8, 4) is 0 Å². The second-order valence-corrected chi connectivity index (χ2v) is 3.99. The van der Waals surface area contributed by atoms with Gasteiger partial charge in [0.1, 0.15) is 11.6 Å². The highest BCUT2D eigenvalue weighted by Crippen LogP contribution is 2.31. The minimum absolute atomic E-state index is 0.0532. The van der Waals surface area contributed by atoms with E-state index in [0.29, 0.717) is 6.07 Å². The summed E-state index contributed by atoms with van der Waals surface area (Å²) in [4.78, 5) is 3.53. The van der Waals surface area contributed by atoms with Gasteiger partial charge >= 0.3 is 6.18 Å². The van der Waals surface area contributed by atoms with Crippen molar-refractivity contribution in [2.24, 2.45) is 0 Å². The lowest BCUT2D eigenvalue weighted by Gasteiger charge is -2.09. The molecule has 0 bridgehead atoms. The quantitative estimate of drug-likeness (QED) is 0.754. The molecule has 2 rings (SSSR count). The summed E-state index contributed by atoms with van der Waals surface area (Å²) in [5.74, 6) is -1.64. The summed E-state index contributed by atoms with van der Waals surface area (Å²) >= 11 is 0. The van der Waals surface area contributed by atoms with Crippen molar-refractivity contribution in [1.29, 1.82) is 0 Å². The molecule has 0 amide bonds. The van der Waals surface area contributed by atoms with Gasteiger partial charge in [-0.05, 0) is 35.4 Å². The fraction of sp³-hybridized carbons (Fsp3) is 0.154. The number of pyridine rings is 1. The Bertz CT molecular complexity index is 592. The highest BCUT2D eigenvalue weighted by Gasteiger charge is 2.31. The van der Waals surface area contributed by atoms with Crippen LogP contribution < -0.4 is 0 Å². The molecule has 0 radical (unpaired) electrons. The van der Waals surface area contributed by atoms with Crippen LogP contribution >= 0.6 is 0 Å². The van der Waals surface area contributed by atoms with Crippen LogP contribution in [0.3, 0.4) is 0 Å². The lowest BCUT2D eigenvalue weighted by molar-refractivity contribution is -0.137. The number of hydrogen-bond acceptors (Lipinski definition) is 1. The third-order valence-corrected chi connectivity index (χ3v) is 2.54. The van der Waals surface area contributed by atoms with Crippen LogP contribution in [0.15, 0.2) is 36.7 Å². The average molecular weight is 273 g/mol. The van der Waals surface area contributed by atoms with Crippen molar-refractivity contribution in [2.45, 2.75) is 12.6 Å². The van der Waals surface area contributed by atoms with Crippen LogP contribution in [0.1, 0.15) is 16.7 Å². The number of nitrogens with zero attached hydrogens (tertiary/aromatic N) is 1. The van der Waals surface area contributed by atoms with Crippen LogP contribution in [0.2, 0.25) is 0 Å². The molecule has 0 aliphatic rings. The fourth-order valence-electron chi connectivity index (χ4n) is 1.68. The van der Waals surface area contributed by atoms with Crippen molar-refractivity contribution < 1.29 is 22.0 Å². The lowest BCUT2D eigenvalue weighted by atomic mass is 10.0. The summed E-state index contributed by atoms with van der Waals surface area (Å²) in [6, 6.07) is 3.51. The number of halogens is 5. The Morgan fingerprint density at radius 3 is 2.42 bits per heavy atom. The number of alkyl halides is 3. The molecule has 100 valence electrons. The molecule has 6 heteroatoms. The van der Waals surface area contributed by atoms with Gasteiger partial charge in [0, 0.05) is 12.6 Å². The van der Waals surface area contributed by atoms with Crippen LogP contribution in [0.5, 0.6) is 0 Å². The Kier molecular flexibility index (Phi) is 3.50. The lowest BCUT2D eigenvalue weighted by Crippen LogP contribution is -2.07. The van der Waals surface area contributed by atoms with E-state index < -0.39 is 23.4 Å². The van der Waals surface area contributed by atoms with Crippen molar-refractivity contribution in [3.63, 3.8) is 0 Å². The largest absolute Gasteiger partial charge is 0.416 e. The molecule has 0 N–H and O–H groups in total. The van der Waals surface area contributed by atoms with Gasteiger partial charge in [0.25, 0.3) is 0 Å². The molecule has 0 spiro atoms. The molecule has 1 aromatic heterocycles. The van der Waals surface area contributed by atoms with Crippen LogP contribution in [0.4, 0.5) is 22.0 Å². The summed E-state index contributed by atoms with van der Waals surface area (Å²) in [6.07, 6.45) is -2.48. The monoisotopic (exact) mass is 273 g/mol. The van der Waals surface area contributed by atoms with Gasteiger partial charge in [-0.2, -0.15) is 13.2 Å². The van der Waals surface area contributed by atoms with E-state index in [2.05, 4.69) is 4.98 Å². The first-order chi connectivity index (χ1) is 8.86. The van der Waals surface area contributed by atoms with E-state index in [1.807, 2.05) is 0 Å². The summed E-state index contributed by atoms with van der Waals surface area (Å²) in [5.41, 5.74) is -0.872. The third-order valence-electron chi connectivity index (χ3n) is 2.54. The molecule has 0 atom stereocenters. The summed E-state index contributed by atoms with van der Waals surface area (Å²) in [5, 5.41) is 0. The van der Waals surface area contributed by atoms with E-state index in [4.69, 9.17) is 0 Å². The maximum absolute atomic E-state index is 13.3. The van der Waals surface area contributed by atoms with Gasteiger partial charge in [0.05, 0.1) is 11.8 Å². The first kappa shape index (κ1) is 13.5. The molecule has 1 aromatic carbocycles. The predicted molar refractivity (Wildman–Crippen MR) is 58.4 cm³/mol. The molecule has 0 saturated carbocycles. The minimum Gasteiger partial charge on any atom is -0.262 e.